The summed E-state index contributed by atoms with van der Waals surface area (Å²) >= 11 is 0. The molecular weight excluding hydrogens is 356 g/mol. The molecule has 0 saturated carbocycles. The van der Waals surface area contributed by atoms with Crippen LogP contribution in [0.5, 0.6) is 0 Å². The molecule has 0 fully saturated rings. The van der Waals surface area contributed by atoms with Crippen LogP contribution in [-0.2, 0) is 6.42 Å². The first-order chi connectivity index (χ1) is 13.1. The highest BCUT2D eigenvalue weighted by Gasteiger charge is 2.16. The average molecular weight is 369 g/mol. The Hall–Kier alpha value is -3.69. The van der Waals surface area contributed by atoms with Gasteiger partial charge in [0.25, 0.3) is 5.89 Å². The number of hydrogen-bond donors (Lipinski definition) is 1. The van der Waals surface area contributed by atoms with Gasteiger partial charge < -0.3 is 10.2 Å². The molecule has 0 aliphatic rings. The molecule has 0 aliphatic carbocycles. The van der Waals surface area contributed by atoms with Gasteiger partial charge in [0.15, 0.2) is 0 Å². The molecule has 0 unspecified atom stereocenters. The number of benzene rings is 1. The van der Waals surface area contributed by atoms with Crippen LogP contribution in [0.25, 0.3) is 17.1 Å². The van der Waals surface area contributed by atoms with Crippen molar-refractivity contribution in [3.05, 3.63) is 65.9 Å². The van der Waals surface area contributed by atoms with Crippen molar-refractivity contribution in [3.63, 3.8) is 0 Å². The number of aromatic nitrogens is 6. The van der Waals surface area contributed by atoms with Crippen LogP contribution in [0.4, 0.5) is 14.6 Å². The lowest BCUT2D eigenvalue weighted by molar-refractivity contribution is 0.116. The molecule has 1 aromatic carbocycles. The molecule has 4 rings (SSSR count). The summed E-state index contributed by atoms with van der Waals surface area (Å²) in [6.45, 7) is 0. The van der Waals surface area contributed by atoms with E-state index in [9.17, 15) is 8.78 Å². The number of anilines is 1. The minimum absolute atomic E-state index is 0.0543. The minimum Gasteiger partial charge on any atom is -0.415 e. The summed E-state index contributed by atoms with van der Waals surface area (Å²) in [6.07, 6.45) is 1.17. The maximum Gasteiger partial charge on any atom is 0.314 e. The zero-order valence-electron chi connectivity index (χ0n) is 13.8. The van der Waals surface area contributed by atoms with Crippen molar-refractivity contribution in [3.8, 4) is 17.1 Å². The lowest BCUT2D eigenvalue weighted by Gasteiger charge is -2.00. The standard InChI is InChI=1S/C17H13F2N7O/c18-15(19)17-24-23-16(27-17)11-3-1-10(2-4-11)7-12-9-26(25-22-12)13-5-6-14(20)21-8-13/h1-6,8-9,15H,7H2,(H2,20,21). The van der Waals surface area contributed by atoms with Gasteiger partial charge in [-0.2, -0.15) is 8.78 Å². The summed E-state index contributed by atoms with van der Waals surface area (Å²) in [5.41, 5.74) is 8.62. The fourth-order valence-electron chi connectivity index (χ4n) is 2.45. The number of rotatable bonds is 5. The highest BCUT2D eigenvalue weighted by atomic mass is 19.3. The molecule has 8 nitrogen and oxygen atoms in total. The molecule has 0 amide bonds. The van der Waals surface area contributed by atoms with E-state index < -0.39 is 12.3 Å². The molecule has 0 aliphatic heterocycles. The molecule has 0 bridgehead atoms. The Kier molecular flexibility index (Phi) is 4.29. The second-order valence-corrected chi connectivity index (χ2v) is 5.72. The fraction of sp³-hybridized carbons (Fsp3) is 0.118. The molecule has 10 heteroatoms. The molecule has 3 aromatic heterocycles. The van der Waals surface area contributed by atoms with Crippen molar-refractivity contribution in [1.29, 1.82) is 0 Å². The average Bonchev–Trinajstić information content (AvgIpc) is 3.33. The van der Waals surface area contributed by atoms with E-state index in [-0.39, 0.29) is 5.89 Å². The predicted molar refractivity (Wildman–Crippen MR) is 91.1 cm³/mol. The summed E-state index contributed by atoms with van der Waals surface area (Å²) in [5.74, 6) is -0.206. The Bertz CT molecular complexity index is 1040. The zero-order chi connectivity index (χ0) is 18.8. The highest BCUT2D eigenvalue weighted by molar-refractivity contribution is 5.53. The Morgan fingerprint density at radius 3 is 2.52 bits per heavy atom. The highest BCUT2D eigenvalue weighted by Crippen LogP contribution is 2.23. The van der Waals surface area contributed by atoms with Gasteiger partial charge in [-0.1, -0.05) is 17.3 Å². The molecule has 136 valence electrons. The van der Waals surface area contributed by atoms with Gasteiger partial charge >= 0.3 is 6.43 Å². The largest absolute Gasteiger partial charge is 0.415 e. The third-order valence-electron chi connectivity index (χ3n) is 3.79. The molecule has 0 atom stereocenters. The van der Waals surface area contributed by atoms with Crippen LogP contribution >= 0.6 is 0 Å². The lowest BCUT2D eigenvalue weighted by atomic mass is 10.1. The van der Waals surface area contributed by atoms with Crippen LogP contribution < -0.4 is 5.73 Å². The molecule has 0 saturated heterocycles. The summed E-state index contributed by atoms with van der Waals surface area (Å²) < 4.78 is 31.6. The van der Waals surface area contributed by atoms with Crippen molar-refractivity contribution in [2.24, 2.45) is 0 Å². The van der Waals surface area contributed by atoms with E-state index in [0.29, 0.717) is 17.8 Å². The number of halogens is 2. The van der Waals surface area contributed by atoms with E-state index in [1.807, 2.05) is 12.1 Å². The van der Waals surface area contributed by atoms with Crippen LogP contribution in [0.15, 0.2) is 53.2 Å². The van der Waals surface area contributed by atoms with E-state index in [2.05, 4.69) is 25.5 Å². The Morgan fingerprint density at radius 2 is 1.85 bits per heavy atom. The molecule has 4 aromatic rings. The minimum atomic E-state index is -2.79. The van der Waals surface area contributed by atoms with E-state index >= 15 is 0 Å². The predicted octanol–water partition coefficient (Wildman–Crippen LogP) is 2.82. The quantitative estimate of drug-likeness (QED) is 0.576. The van der Waals surface area contributed by atoms with E-state index in [1.165, 1.54) is 0 Å². The summed E-state index contributed by atoms with van der Waals surface area (Å²) in [6, 6.07) is 10.6. The first kappa shape index (κ1) is 16.8. The first-order valence-electron chi connectivity index (χ1n) is 7.92. The van der Waals surface area contributed by atoms with Crippen LogP contribution in [0.3, 0.4) is 0 Å². The van der Waals surface area contributed by atoms with Gasteiger partial charge in [-0.3, -0.25) is 0 Å². The topological polar surface area (TPSA) is 109 Å². The fourth-order valence-corrected chi connectivity index (χ4v) is 2.45. The zero-order valence-corrected chi connectivity index (χ0v) is 13.8. The van der Waals surface area contributed by atoms with Crippen LogP contribution in [0, 0.1) is 0 Å². The van der Waals surface area contributed by atoms with Crippen molar-refractivity contribution in [2.45, 2.75) is 12.8 Å². The molecule has 2 N–H and O–H groups in total. The maximum atomic E-state index is 12.5. The number of nitrogens with zero attached hydrogens (tertiary/aromatic N) is 6. The van der Waals surface area contributed by atoms with Gasteiger partial charge in [0.1, 0.15) is 5.82 Å². The lowest BCUT2D eigenvalue weighted by Crippen LogP contribution is -1.97. The van der Waals surface area contributed by atoms with E-state index in [0.717, 1.165) is 16.9 Å². The SMILES string of the molecule is Nc1ccc(-n2cc(Cc3ccc(-c4nnc(C(F)F)o4)cc3)nn2)cn1. The molecule has 0 radical (unpaired) electrons. The van der Waals surface area contributed by atoms with Crippen molar-refractivity contribution >= 4 is 5.82 Å². The molecular formula is C17H13F2N7O. The summed E-state index contributed by atoms with van der Waals surface area (Å²) in [7, 11) is 0. The summed E-state index contributed by atoms with van der Waals surface area (Å²) in [5, 5.41) is 15.2. The van der Waals surface area contributed by atoms with Crippen molar-refractivity contribution < 1.29 is 13.2 Å². The van der Waals surface area contributed by atoms with Gasteiger partial charge in [0.2, 0.25) is 5.89 Å². The van der Waals surface area contributed by atoms with Crippen LogP contribution in [0.1, 0.15) is 23.6 Å². The van der Waals surface area contributed by atoms with Gasteiger partial charge in [-0.05, 0) is 29.8 Å². The molecule has 3 heterocycles. The number of pyridine rings is 1. The van der Waals surface area contributed by atoms with Gasteiger partial charge in [-0.15, -0.1) is 15.3 Å². The van der Waals surface area contributed by atoms with Gasteiger partial charge in [-0.25, -0.2) is 9.67 Å². The van der Waals surface area contributed by atoms with Crippen molar-refractivity contribution in [2.75, 3.05) is 5.73 Å². The van der Waals surface area contributed by atoms with Crippen LogP contribution in [0.2, 0.25) is 0 Å². The monoisotopic (exact) mass is 369 g/mol. The molecule has 27 heavy (non-hydrogen) atoms. The van der Waals surface area contributed by atoms with E-state index in [1.54, 1.807) is 41.3 Å². The van der Waals surface area contributed by atoms with Gasteiger partial charge in [0.05, 0.1) is 23.8 Å². The normalized spacial score (nSPS) is 11.2. The first-order valence-corrected chi connectivity index (χ1v) is 7.92. The smallest absolute Gasteiger partial charge is 0.314 e. The maximum absolute atomic E-state index is 12.5. The second kappa shape index (κ2) is 6.90. The number of hydrogen-bond acceptors (Lipinski definition) is 7. The van der Waals surface area contributed by atoms with E-state index in [4.69, 9.17) is 10.2 Å². The van der Waals surface area contributed by atoms with Gasteiger partial charge in [0, 0.05) is 12.0 Å². The second-order valence-electron chi connectivity index (χ2n) is 5.72. The third kappa shape index (κ3) is 3.64. The van der Waals surface area contributed by atoms with Crippen molar-refractivity contribution in [1.82, 2.24) is 30.2 Å². The number of nitrogens with two attached hydrogens (primary N) is 1. The Morgan fingerprint density at radius 1 is 1.04 bits per heavy atom. The molecule has 0 spiro atoms. The Balaban J connectivity index is 1.48. The summed E-state index contributed by atoms with van der Waals surface area (Å²) in [4.78, 5) is 4.02. The number of nitrogen functional groups attached to an aromatic ring is 1. The third-order valence-corrected chi connectivity index (χ3v) is 3.79. The number of alkyl halides is 2. The van der Waals surface area contributed by atoms with Crippen LogP contribution in [-0.4, -0.2) is 30.2 Å². The Labute approximate surface area is 151 Å².